The first-order valence-corrected chi connectivity index (χ1v) is 20.9. The summed E-state index contributed by atoms with van der Waals surface area (Å²) in [7, 11) is -5.03. The zero-order valence-corrected chi connectivity index (χ0v) is 33.9. The van der Waals surface area contributed by atoms with E-state index < -0.39 is 43.2 Å². The van der Waals surface area contributed by atoms with E-state index in [9.17, 15) is 32.5 Å². The Bertz CT molecular complexity index is 2480. The van der Waals surface area contributed by atoms with Crippen molar-refractivity contribution in [2.75, 3.05) is 19.6 Å². The number of aromatic nitrogens is 1. The maximum atomic E-state index is 14.8. The summed E-state index contributed by atoms with van der Waals surface area (Å²) >= 11 is 6.08. The number of carbonyl (C=O) groups is 4. The number of ketones is 1. The molecule has 58 heavy (non-hydrogen) atoms. The van der Waals surface area contributed by atoms with Gasteiger partial charge in [0.1, 0.15) is 18.0 Å². The molecule has 7 rings (SSSR count). The summed E-state index contributed by atoms with van der Waals surface area (Å²) in [4.78, 5) is 68.3. The van der Waals surface area contributed by atoms with Crippen LogP contribution in [0.25, 0.3) is 10.9 Å². The smallest absolute Gasteiger partial charge is 0.334 e. The topological polar surface area (TPSA) is 162 Å². The fourth-order valence-corrected chi connectivity index (χ4v) is 9.29. The van der Waals surface area contributed by atoms with Crippen molar-refractivity contribution in [3.05, 3.63) is 143 Å². The monoisotopic (exact) mass is 842 g/mol. The van der Waals surface area contributed by atoms with E-state index in [1.807, 2.05) is 30.3 Å². The number of hydrazine groups is 1. The molecule has 3 heterocycles. The first-order valence-electron chi connectivity index (χ1n) is 18.3. The number of benzene rings is 4. The van der Waals surface area contributed by atoms with E-state index in [0.717, 1.165) is 9.54 Å². The second-order valence-corrected chi connectivity index (χ2v) is 16.5. The number of nitrogens with zero attached hydrogens (tertiary/aromatic N) is 5. The van der Waals surface area contributed by atoms with Crippen LogP contribution in [0.2, 0.25) is 5.02 Å². The standard InChI is InChI=1S/C41H40ClN6O8PS/c1-3-20-45-26-38(50)47-36(21-28-12-16-32(17-13-28)56-57-53)40(51)44(25-37(47)48(45)41(52)43-22-29-8-5-4-6-9-29)23-30-10-7-11-34-35(27(2)49)24-46(39(30)34)58(54,55)33-18-14-31(42)15-19-33/h3-19,24,36-37,53,57H,1,20-23,25-26H2,2H3,(H,43,52)/t36-,37-/m0/s1. The molecule has 0 aliphatic carbocycles. The van der Waals surface area contributed by atoms with Gasteiger partial charge >= 0.3 is 6.03 Å². The van der Waals surface area contributed by atoms with Crippen molar-refractivity contribution in [1.29, 1.82) is 0 Å². The number of carbonyl (C=O) groups excluding carboxylic acids is 4. The number of para-hydroxylation sites is 1. The summed E-state index contributed by atoms with van der Waals surface area (Å²) in [5.74, 6) is -0.724. The summed E-state index contributed by atoms with van der Waals surface area (Å²) < 4.78 is 34.7. The minimum absolute atomic E-state index is 0.0560. The lowest BCUT2D eigenvalue weighted by Gasteiger charge is -2.55. The number of rotatable bonds is 13. The molecular weight excluding hydrogens is 803 g/mol. The lowest BCUT2D eigenvalue weighted by molar-refractivity contribution is -0.189. The highest BCUT2D eigenvalue weighted by atomic mass is 35.5. The van der Waals surface area contributed by atoms with E-state index in [2.05, 4.69) is 11.9 Å². The lowest BCUT2D eigenvalue weighted by Crippen LogP contribution is -2.76. The fourth-order valence-electron chi connectivity index (χ4n) is 7.51. The van der Waals surface area contributed by atoms with Crippen LogP contribution < -0.4 is 9.84 Å². The third-order valence-electron chi connectivity index (χ3n) is 10.2. The van der Waals surface area contributed by atoms with Gasteiger partial charge in [0.15, 0.2) is 5.78 Å². The lowest BCUT2D eigenvalue weighted by atomic mass is 9.98. The average Bonchev–Trinajstić information content (AvgIpc) is 3.62. The largest absolute Gasteiger partial charge is 0.450 e. The van der Waals surface area contributed by atoms with Gasteiger partial charge < -0.3 is 24.5 Å². The van der Waals surface area contributed by atoms with Crippen molar-refractivity contribution in [3.63, 3.8) is 0 Å². The second-order valence-electron chi connectivity index (χ2n) is 13.8. The molecule has 0 radical (unpaired) electrons. The predicted octanol–water partition coefficient (Wildman–Crippen LogP) is 5.35. The molecule has 4 amide bonds. The Morgan fingerprint density at radius 2 is 1.71 bits per heavy atom. The number of hydrogen-bond donors (Lipinski definition) is 2. The van der Waals surface area contributed by atoms with Crippen LogP contribution in [0.3, 0.4) is 0 Å². The Balaban J connectivity index is 1.32. The molecule has 2 fully saturated rings. The molecule has 1 unspecified atom stereocenters. The van der Waals surface area contributed by atoms with Crippen LogP contribution in [0.5, 0.6) is 5.75 Å². The van der Waals surface area contributed by atoms with Crippen molar-refractivity contribution >= 4 is 65.2 Å². The van der Waals surface area contributed by atoms with Crippen LogP contribution in [0.1, 0.15) is 34.0 Å². The Morgan fingerprint density at radius 3 is 2.38 bits per heavy atom. The number of urea groups is 1. The molecule has 3 atom stereocenters. The number of amides is 4. The highest BCUT2D eigenvalue weighted by Crippen LogP contribution is 2.34. The van der Waals surface area contributed by atoms with Gasteiger partial charge in [-0.05, 0) is 60.0 Å². The van der Waals surface area contributed by atoms with E-state index in [1.54, 1.807) is 53.5 Å². The van der Waals surface area contributed by atoms with E-state index in [-0.39, 0.29) is 66.8 Å². The highest BCUT2D eigenvalue weighted by molar-refractivity contribution is 7.90. The fraction of sp³-hybridized carbons (Fsp3) is 0.220. The molecule has 300 valence electrons. The average molecular weight is 843 g/mol. The van der Waals surface area contributed by atoms with Gasteiger partial charge in [0.25, 0.3) is 10.0 Å². The third-order valence-corrected chi connectivity index (χ3v) is 12.4. The number of halogens is 1. The van der Waals surface area contributed by atoms with Crippen LogP contribution >= 0.6 is 20.6 Å². The van der Waals surface area contributed by atoms with E-state index >= 15 is 0 Å². The van der Waals surface area contributed by atoms with Gasteiger partial charge in [-0.1, -0.05) is 78.3 Å². The Kier molecular flexibility index (Phi) is 12.0. The minimum Gasteiger partial charge on any atom is -0.450 e. The summed E-state index contributed by atoms with van der Waals surface area (Å²) in [6, 6.07) is 25.3. The molecule has 14 nitrogen and oxygen atoms in total. The SMILES string of the molecule is C=CCN1CC(=O)N2[C@@H](Cc3ccc(OPO)cc3)C(=O)N(Cc3cccc4c(C(C)=O)cn(S(=O)(=O)c5ccc(Cl)cc5)c34)C[C@@H]2N1C(=O)NCc1ccccc1. The molecule has 2 aliphatic rings. The molecule has 17 heteroatoms. The summed E-state index contributed by atoms with van der Waals surface area (Å²) in [5, 5.41) is 6.74. The molecule has 2 saturated heterocycles. The third kappa shape index (κ3) is 8.09. The van der Waals surface area contributed by atoms with Crippen molar-refractivity contribution in [1.82, 2.24) is 29.1 Å². The number of nitrogens with one attached hydrogen (secondary N) is 1. The van der Waals surface area contributed by atoms with E-state index in [1.165, 1.54) is 52.2 Å². The molecular formula is C41H40ClN6O8PS. The van der Waals surface area contributed by atoms with Crippen LogP contribution in [-0.2, 0) is 39.1 Å². The molecule has 0 spiro atoms. The van der Waals surface area contributed by atoms with Gasteiger partial charge in [-0.25, -0.2) is 27.2 Å². The van der Waals surface area contributed by atoms with Crippen molar-refractivity contribution in [3.8, 4) is 5.75 Å². The van der Waals surface area contributed by atoms with Gasteiger partial charge in [0, 0.05) is 48.2 Å². The zero-order valence-electron chi connectivity index (χ0n) is 31.3. The predicted molar refractivity (Wildman–Crippen MR) is 219 cm³/mol. The molecule has 4 aromatic carbocycles. The molecule has 2 aliphatic heterocycles. The van der Waals surface area contributed by atoms with Crippen LogP contribution in [0, 0.1) is 0 Å². The number of Topliss-reactive ketones (excluding diaryl/α,β-unsaturated/α-hetero) is 1. The molecule has 2 N–H and O–H groups in total. The normalized spacial score (nSPS) is 17.5. The summed E-state index contributed by atoms with van der Waals surface area (Å²) in [5.41, 5.74) is 2.35. The van der Waals surface area contributed by atoms with Crippen LogP contribution in [0.15, 0.2) is 121 Å². The van der Waals surface area contributed by atoms with Gasteiger partial charge in [0.05, 0.1) is 23.5 Å². The first-order chi connectivity index (χ1) is 27.9. The Labute approximate surface area is 342 Å². The number of fused-ring (bicyclic) bond motifs is 2. The van der Waals surface area contributed by atoms with Gasteiger partial charge in [0.2, 0.25) is 20.8 Å². The van der Waals surface area contributed by atoms with Crippen LogP contribution in [-0.4, -0.2) is 92.6 Å². The summed E-state index contributed by atoms with van der Waals surface area (Å²) in [6.45, 7) is 5.10. The molecule has 0 bridgehead atoms. The van der Waals surface area contributed by atoms with E-state index in [4.69, 9.17) is 16.1 Å². The first kappa shape index (κ1) is 40.6. The van der Waals surface area contributed by atoms with Crippen LogP contribution in [0.4, 0.5) is 4.79 Å². The minimum atomic E-state index is -4.27. The molecule has 0 saturated carbocycles. The zero-order chi connectivity index (χ0) is 41.1. The molecule has 1 aromatic heterocycles. The van der Waals surface area contributed by atoms with Gasteiger partial charge in [-0.3, -0.25) is 14.4 Å². The molecule has 5 aromatic rings. The van der Waals surface area contributed by atoms with Crippen molar-refractivity contribution < 1.29 is 37.0 Å². The van der Waals surface area contributed by atoms with Gasteiger partial charge in [-0.15, -0.1) is 6.58 Å². The number of hydrogen-bond acceptors (Lipinski definition) is 9. The highest BCUT2D eigenvalue weighted by Gasteiger charge is 2.51. The Morgan fingerprint density at radius 1 is 0.983 bits per heavy atom. The van der Waals surface area contributed by atoms with E-state index in [0.29, 0.717) is 27.3 Å². The second kappa shape index (κ2) is 17.1. The quantitative estimate of drug-likeness (QED) is 0.0905. The summed E-state index contributed by atoms with van der Waals surface area (Å²) in [6.07, 6.45) is 1.97. The number of piperazine rings is 1. The van der Waals surface area contributed by atoms with Crippen molar-refractivity contribution in [2.45, 2.75) is 43.5 Å². The Hall–Kier alpha value is -5.57. The van der Waals surface area contributed by atoms with Crippen molar-refractivity contribution in [2.24, 2.45) is 0 Å². The maximum Gasteiger partial charge on any atom is 0.334 e. The van der Waals surface area contributed by atoms with Gasteiger partial charge in [-0.2, -0.15) is 0 Å². The maximum absolute atomic E-state index is 14.8.